The van der Waals surface area contributed by atoms with Crippen molar-refractivity contribution in [1.82, 2.24) is 9.88 Å². The van der Waals surface area contributed by atoms with Crippen LogP contribution in [0.25, 0.3) is 0 Å². The average Bonchev–Trinajstić information content (AvgIpc) is 2.56. The third-order valence-electron chi connectivity index (χ3n) is 4.20. The Morgan fingerprint density at radius 3 is 2.81 bits per heavy atom. The van der Waals surface area contributed by atoms with E-state index in [1.165, 1.54) is 42.0 Å². The van der Waals surface area contributed by atoms with E-state index in [0.717, 1.165) is 6.54 Å². The van der Waals surface area contributed by atoms with E-state index in [1.54, 1.807) is 11.8 Å². The predicted molar refractivity (Wildman–Crippen MR) is 89.5 cm³/mol. The molecule has 2 nitrogen and oxygen atoms in total. The SMILES string of the molecule is CSc1ncccc1C1CCCCN1Cc1ccccc1. The second kappa shape index (κ2) is 7.10. The van der Waals surface area contributed by atoms with Crippen LogP contribution in [0, 0.1) is 0 Å². The maximum atomic E-state index is 4.55. The van der Waals surface area contributed by atoms with Gasteiger partial charge in [0.1, 0.15) is 5.03 Å². The maximum Gasteiger partial charge on any atom is 0.100 e. The summed E-state index contributed by atoms with van der Waals surface area (Å²) >= 11 is 1.76. The zero-order chi connectivity index (χ0) is 14.5. The molecule has 1 saturated heterocycles. The fourth-order valence-corrected chi connectivity index (χ4v) is 3.78. The monoisotopic (exact) mass is 298 g/mol. The zero-order valence-corrected chi connectivity index (χ0v) is 13.4. The second-order valence-corrected chi connectivity index (χ2v) is 6.36. The summed E-state index contributed by atoms with van der Waals surface area (Å²) in [6, 6.07) is 15.6. The van der Waals surface area contributed by atoms with Gasteiger partial charge in [-0.2, -0.15) is 0 Å². The molecule has 0 saturated carbocycles. The number of likely N-dealkylation sites (tertiary alicyclic amines) is 1. The third-order valence-corrected chi connectivity index (χ3v) is 4.92. The van der Waals surface area contributed by atoms with Crippen LogP contribution in [0.15, 0.2) is 53.7 Å². The Balaban J connectivity index is 1.84. The molecule has 0 radical (unpaired) electrons. The highest BCUT2D eigenvalue weighted by molar-refractivity contribution is 7.98. The molecule has 2 heterocycles. The molecule has 1 atom stereocenters. The molecular weight excluding hydrogens is 276 g/mol. The van der Waals surface area contributed by atoms with Gasteiger partial charge in [-0.3, -0.25) is 4.90 Å². The van der Waals surface area contributed by atoms with E-state index < -0.39 is 0 Å². The van der Waals surface area contributed by atoms with Crippen LogP contribution < -0.4 is 0 Å². The summed E-state index contributed by atoms with van der Waals surface area (Å²) in [7, 11) is 0. The quantitative estimate of drug-likeness (QED) is 0.771. The average molecular weight is 298 g/mol. The van der Waals surface area contributed by atoms with Crippen molar-refractivity contribution in [3.63, 3.8) is 0 Å². The number of pyridine rings is 1. The Labute approximate surface area is 131 Å². The highest BCUT2D eigenvalue weighted by Gasteiger charge is 2.26. The molecule has 1 aliphatic heterocycles. The highest BCUT2D eigenvalue weighted by Crippen LogP contribution is 2.35. The first kappa shape index (κ1) is 14.6. The van der Waals surface area contributed by atoms with Crippen LogP contribution in [0.1, 0.15) is 36.4 Å². The molecule has 1 aromatic heterocycles. The number of rotatable bonds is 4. The number of thioether (sulfide) groups is 1. The van der Waals surface area contributed by atoms with E-state index in [-0.39, 0.29) is 0 Å². The minimum absolute atomic E-state index is 0.509. The zero-order valence-electron chi connectivity index (χ0n) is 12.5. The van der Waals surface area contributed by atoms with Crippen molar-refractivity contribution in [3.05, 3.63) is 59.8 Å². The Morgan fingerprint density at radius 1 is 1.14 bits per heavy atom. The molecule has 0 N–H and O–H groups in total. The van der Waals surface area contributed by atoms with E-state index in [4.69, 9.17) is 0 Å². The minimum atomic E-state index is 0.509. The molecule has 3 rings (SSSR count). The van der Waals surface area contributed by atoms with Gasteiger partial charge in [-0.15, -0.1) is 11.8 Å². The minimum Gasteiger partial charge on any atom is -0.292 e. The normalized spacial score (nSPS) is 19.6. The molecule has 1 unspecified atom stereocenters. The molecule has 110 valence electrons. The van der Waals surface area contributed by atoms with Crippen molar-refractivity contribution in [2.75, 3.05) is 12.8 Å². The lowest BCUT2D eigenvalue weighted by Gasteiger charge is -2.36. The molecule has 21 heavy (non-hydrogen) atoms. The predicted octanol–water partition coefficient (Wildman–Crippen LogP) is 4.53. The number of benzene rings is 1. The van der Waals surface area contributed by atoms with E-state index >= 15 is 0 Å². The molecule has 0 amide bonds. The third kappa shape index (κ3) is 3.47. The molecule has 2 aromatic rings. The van der Waals surface area contributed by atoms with Gasteiger partial charge in [0.25, 0.3) is 0 Å². The van der Waals surface area contributed by atoms with Gasteiger partial charge in [0.2, 0.25) is 0 Å². The van der Waals surface area contributed by atoms with Crippen molar-refractivity contribution in [1.29, 1.82) is 0 Å². The van der Waals surface area contributed by atoms with Crippen LogP contribution in [-0.4, -0.2) is 22.7 Å². The maximum absolute atomic E-state index is 4.55. The van der Waals surface area contributed by atoms with Crippen molar-refractivity contribution in [2.24, 2.45) is 0 Å². The first-order valence-electron chi connectivity index (χ1n) is 7.65. The van der Waals surface area contributed by atoms with Gasteiger partial charge in [-0.25, -0.2) is 4.98 Å². The van der Waals surface area contributed by atoms with Gasteiger partial charge in [-0.1, -0.05) is 42.8 Å². The molecule has 3 heteroatoms. The molecule has 0 bridgehead atoms. The van der Waals surface area contributed by atoms with Crippen molar-refractivity contribution < 1.29 is 0 Å². The summed E-state index contributed by atoms with van der Waals surface area (Å²) in [6.45, 7) is 2.22. The lowest BCUT2D eigenvalue weighted by Crippen LogP contribution is -2.33. The smallest absolute Gasteiger partial charge is 0.100 e. The van der Waals surface area contributed by atoms with Crippen LogP contribution >= 0.6 is 11.8 Å². The van der Waals surface area contributed by atoms with E-state index in [9.17, 15) is 0 Å². The fraction of sp³-hybridized carbons (Fsp3) is 0.389. The van der Waals surface area contributed by atoms with Gasteiger partial charge in [0.05, 0.1) is 0 Å². The Hall–Kier alpha value is -1.32. The number of hydrogen-bond donors (Lipinski definition) is 0. The summed E-state index contributed by atoms with van der Waals surface area (Å²) in [4.78, 5) is 7.17. The largest absolute Gasteiger partial charge is 0.292 e. The number of hydrogen-bond acceptors (Lipinski definition) is 3. The van der Waals surface area contributed by atoms with Gasteiger partial charge >= 0.3 is 0 Å². The Morgan fingerprint density at radius 2 is 2.00 bits per heavy atom. The fourth-order valence-electron chi connectivity index (χ4n) is 3.18. The molecule has 1 fully saturated rings. The summed E-state index contributed by atoms with van der Waals surface area (Å²) in [5.74, 6) is 0. The molecular formula is C18H22N2S. The van der Waals surface area contributed by atoms with Crippen molar-refractivity contribution in [2.45, 2.75) is 36.9 Å². The lowest BCUT2D eigenvalue weighted by molar-refractivity contribution is 0.138. The van der Waals surface area contributed by atoms with E-state index in [1.807, 2.05) is 6.20 Å². The molecule has 0 spiro atoms. The lowest BCUT2D eigenvalue weighted by atomic mass is 9.95. The summed E-state index contributed by atoms with van der Waals surface area (Å²) in [6.07, 6.45) is 7.89. The first-order valence-corrected chi connectivity index (χ1v) is 8.88. The van der Waals surface area contributed by atoms with Crippen molar-refractivity contribution in [3.8, 4) is 0 Å². The topological polar surface area (TPSA) is 16.1 Å². The Kier molecular flexibility index (Phi) is 4.94. The molecule has 0 aliphatic carbocycles. The summed E-state index contributed by atoms with van der Waals surface area (Å²) in [5.41, 5.74) is 2.81. The second-order valence-electron chi connectivity index (χ2n) is 5.57. The van der Waals surface area contributed by atoms with E-state index in [2.05, 4.69) is 58.6 Å². The Bertz CT molecular complexity index is 570. The van der Waals surface area contributed by atoms with Crippen molar-refractivity contribution >= 4 is 11.8 Å². The van der Waals surface area contributed by atoms with Crippen LogP contribution in [0.2, 0.25) is 0 Å². The van der Waals surface area contributed by atoms with Gasteiger partial charge in [0, 0.05) is 24.3 Å². The van der Waals surface area contributed by atoms with Gasteiger partial charge in [-0.05, 0) is 37.3 Å². The highest BCUT2D eigenvalue weighted by atomic mass is 32.2. The summed E-state index contributed by atoms with van der Waals surface area (Å²) < 4.78 is 0. The van der Waals surface area contributed by atoms with Gasteiger partial charge < -0.3 is 0 Å². The first-order chi connectivity index (χ1) is 10.4. The van der Waals surface area contributed by atoms with Crippen LogP contribution in [-0.2, 0) is 6.54 Å². The summed E-state index contributed by atoms with van der Waals surface area (Å²) in [5, 5.41) is 1.18. The number of aromatic nitrogens is 1. The number of piperidine rings is 1. The van der Waals surface area contributed by atoms with Crippen LogP contribution in [0.4, 0.5) is 0 Å². The van der Waals surface area contributed by atoms with Crippen LogP contribution in [0.3, 0.4) is 0 Å². The molecule has 1 aromatic carbocycles. The molecule has 1 aliphatic rings. The van der Waals surface area contributed by atoms with Crippen LogP contribution in [0.5, 0.6) is 0 Å². The van der Waals surface area contributed by atoms with Gasteiger partial charge in [0.15, 0.2) is 0 Å². The van der Waals surface area contributed by atoms with E-state index in [0.29, 0.717) is 6.04 Å². The standard InChI is InChI=1S/C18H22N2S/c1-21-18-16(10-7-12-19-18)17-11-5-6-13-20(17)14-15-8-3-2-4-9-15/h2-4,7-10,12,17H,5-6,11,13-14H2,1H3. The number of nitrogens with zero attached hydrogens (tertiary/aromatic N) is 2.